The van der Waals surface area contributed by atoms with Gasteiger partial charge in [0.15, 0.2) is 0 Å². The highest BCUT2D eigenvalue weighted by atomic mass is 15.2. The Bertz CT molecular complexity index is 424. The van der Waals surface area contributed by atoms with Gasteiger partial charge >= 0.3 is 0 Å². The van der Waals surface area contributed by atoms with Crippen molar-refractivity contribution in [1.29, 1.82) is 0 Å². The second-order valence-electron chi connectivity index (χ2n) is 3.89. The molecule has 1 unspecified atom stereocenters. The fraction of sp³-hybridized carbons (Fsp3) is 0.500. The number of hydrogen-bond acceptors (Lipinski definition) is 4. The normalized spacial score (nSPS) is 12.9. The average Bonchev–Trinajstić information content (AvgIpc) is 2.87. The maximum Gasteiger partial charge on any atom is 0.141 e. The Morgan fingerprint density at radius 2 is 2.19 bits per heavy atom. The molecule has 0 radical (unpaired) electrons. The molecule has 0 aromatic carbocycles. The number of aromatic amines is 2. The molecule has 16 heavy (non-hydrogen) atoms. The first-order chi connectivity index (χ1) is 7.68. The van der Waals surface area contributed by atoms with Crippen LogP contribution in [-0.4, -0.2) is 25.4 Å². The van der Waals surface area contributed by atoms with Crippen molar-refractivity contribution >= 4 is 0 Å². The number of nitrogens with one attached hydrogen (secondary N) is 3. The molecule has 6 nitrogen and oxygen atoms in total. The van der Waals surface area contributed by atoms with Gasteiger partial charge < -0.3 is 5.32 Å². The summed E-state index contributed by atoms with van der Waals surface area (Å²) in [5.41, 5.74) is 3.36. The Kier molecular flexibility index (Phi) is 3.00. The molecule has 0 bridgehead atoms. The Balaban J connectivity index is 1.98. The summed E-state index contributed by atoms with van der Waals surface area (Å²) in [4.78, 5) is 4.11. The van der Waals surface area contributed by atoms with E-state index in [0.29, 0.717) is 0 Å². The lowest BCUT2D eigenvalue weighted by Gasteiger charge is -2.10. The summed E-state index contributed by atoms with van der Waals surface area (Å²) in [6.45, 7) is 6.84. The summed E-state index contributed by atoms with van der Waals surface area (Å²) >= 11 is 0. The first-order valence-electron chi connectivity index (χ1n) is 5.27. The smallest absolute Gasteiger partial charge is 0.141 e. The summed E-state index contributed by atoms with van der Waals surface area (Å²) in [7, 11) is 0. The van der Waals surface area contributed by atoms with Gasteiger partial charge in [-0.25, -0.2) is 4.98 Å². The molecule has 0 spiro atoms. The van der Waals surface area contributed by atoms with Crippen LogP contribution in [0.4, 0.5) is 0 Å². The molecule has 0 saturated heterocycles. The number of aromatic nitrogens is 5. The molecule has 0 amide bonds. The van der Waals surface area contributed by atoms with E-state index in [-0.39, 0.29) is 6.04 Å². The van der Waals surface area contributed by atoms with Gasteiger partial charge in [-0.2, -0.15) is 10.2 Å². The van der Waals surface area contributed by atoms with Crippen molar-refractivity contribution in [3.05, 3.63) is 29.1 Å². The average molecular weight is 220 g/mol. The van der Waals surface area contributed by atoms with Gasteiger partial charge in [0.05, 0.1) is 11.7 Å². The summed E-state index contributed by atoms with van der Waals surface area (Å²) in [6, 6.07) is 0.149. The SMILES string of the molecule is Cc1n[nH]c(C)c1CNC(C)c1ncn[nH]1. The Labute approximate surface area is 93.9 Å². The largest absolute Gasteiger partial charge is 0.303 e. The summed E-state index contributed by atoms with van der Waals surface area (Å²) < 4.78 is 0. The fourth-order valence-electron chi connectivity index (χ4n) is 1.61. The minimum absolute atomic E-state index is 0.149. The van der Waals surface area contributed by atoms with Crippen LogP contribution in [0.1, 0.15) is 35.7 Å². The maximum absolute atomic E-state index is 4.16. The monoisotopic (exact) mass is 220 g/mol. The van der Waals surface area contributed by atoms with Crippen molar-refractivity contribution in [2.45, 2.75) is 33.4 Å². The molecule has 0 aliphatic carbocycles. The molecule has 0 aliphatic rings. The number of nitrogens with zero attached hydrogens (tertiary/aromatic N) is 3. The Morgan fingerprint density at radius 3 is 2.75 bits per heavy atom. The molecule has 86 valence electrons. The maximum atomic E-state index is 4.16. The third-order valence-corrected chi connectivity index (χ3v) is 2.71. The summed E-state index contributed by atoms with van der Waals surface area (Å²) in [6.07, 6.45) is 1.52. The van der Waals surface area contributed by atoms with Crippen LogP contribution in [-0.2, 0) is 6.54 Å². The molecular weight excluding hydrogens is 204 g/mol. The molecule has 2 aromatic rings. The number of aryl methyl sites for hydroxylation is 2. The van der Waals surface area contributed by atoms with Crippen LogP contribution < -0.4 is 5.32 Å². The fourth-order valence-corrected chi connectivity index (χ4v) is 1.61. The van der Waals surface area contributed by atoms with Gasteiger partial charge in [-0.1, -0.05) is 0 Å². The molecule has 3 N–H and O–H groups in total. The van der Waals surface area contributed by atoms with Gasteiger partial charge in [0.1, 0.15) is 12.2 Å². The predicted octanol–water partition coefficient (Wildman–Crippen LogP) is 0.995. The van der Waals surface area contributed by atoms with Crippen LogP contribution in [0.5, 0.6) is 0 Å². The van der Waals surface area contributed by atoms with E-state index in [9.17, 15) is 0 Å². The molecular formula is C10H16N6. The second kappa shape index (κ2) is 4.44. The van der Waals surface area contributed by atoms with Gasteiger partial charge in [-0.3, -0.25) is 10.2 Å². The topological polar surface area (TPSA) is 82.3 Å². The van der Waals surface area contributed by atoms with E-state index in [2.05, 4.69) is 30.7 Å². The van der Waals surface area contributed by atoms with Crippen molar-refractivity contribution in [3.8, 4) is 0 Å². The molecule has 0 fully saturated rings. The molecule has 2 aromatic heterocycles. The van der Waals surface area contributed by atoms with Crippen molar-refractivity contribution < 1.29 is 0 Å². The van der Waals surface area contributed by atoms with Crippen LogP contribution in [0, 0.1) is 13.8 Å². The van der Waals surface area contributed by atoms with E-state index < -0.39 is 0 Å². The molecule has 1 atom stereocenters. The third kappa shape index (κ3) is 2.11. The minimum atomic E-state index is 0.149. The van der Waals surface area contributed by atoms with Crippen LogP contribution in [0.15, 0.2) is 6.33 Å². The lowest BCUT2D eigenvalue weighted by molar-refractivity contribution is 0.546. The van der Waals surface area contributed by atoms with Gasteiger partial charge in [-0.05, 0) is 20.8 Å². The van der Waals surface area contributed by atoms with Gasteiger partial charge in [0.2, 0.25) is 0 Å². The lowest BCUT2D eigenvalue weighted by atomic mass is 10.2. The third-order valence-electron chi connectivity index (χ3n) is 2.71. The van der Waals surface area contributed by atoms with Gasteiger partial charge in [0.25, 0.3) is 0 Å². The summed E-state index contributed by atoms with van der Waals surface area (Å²) in [5, 5.41) is 17.2. The first kappa shape index (κ1) is 10.8. The Morgan fingerprint density at radius 1 is 1.38 bits per heavy atom. The predicted molar refractivity (Wildman–Crippen MR) is 59.7 cm³/mol. The summed E-state index contributed by atoms with van der Waals surface area (Å²) in [5.74, 6) is 0.846. The molecule has 2 rings (SSSR count). The molecule has 6 heteroatoms. The van der Waals surface area contributed by atoms with E-state index in [1.807, 2.05) is 20.8 Å². The van der Waals surface area contributed by atoms with E-state index in [1.165, 1.54) is 11.9 Å². The van der Waals surface area contributed by atoms with Crippen molar-refractivity contribution in [3.63, 3.8) is 0 Å². The minimum Gasteiger partial charge on any atom is -0.303 e. The Hall–Kier alpha value is -1.69. The van der Waals surface area contributed by atoms with Crippen LogP contribution in [0.25, 0.3) is 0 Å². The van der Waals surface area contributed by atoms with Gasteiger partial charge in [-0.15, -0.1) is 0 Å². The van der Waals surface area contributed by atoms with E-state index in [1.54, 1.807) is 0 Å². The highest BCUT2D eigenvalue weighted by Crippen LogP contribution is 2.11. The van der Waals surface area contributed by atoms with Gasteiger partial charge in [0, 0.05) is 17.8 Å². The van der Waals surface area contributed by atoms with E-state index >= 15 is 0 Å². The standard InChI is InChI=1S/C10H16N6/c1-6-9(7(2)15-14-6)4-11-8(3)10-12-5-13-16-10/h5,8,11H,4H2,1-3H3,(H,14,15)(H,12,13,16). The molecule has 0 saturated carbocycles. The van der Waals surface area contributed by atoms with Crippen molar-refractivity contribution in [2.24, 2.45) is 0 Å². The van der Waals surface area contributed by atoms with E-state index in [4.69, 9.17) is 0 Å². The highest BCUT2D eigenvalue weighted by Gasteiger charge is 2.10. The molecule has 0 aliphatic heterocycles. The zero-order valence-electron chi connectivity index (χ0n) is 9.70. The first-order valence-corrected chi connectivity index (χ1v) is 5.27. The lowest BCUT2D eigenvalue weighted by Crippen LogP contribution is -2.19. The highest BCUT2D eigenvalue weighted by molar-refractivity contribution is 5.22. The van der Waals surface area contributed by atoms with Crippen molar-refractivity contribution in [1.82, 2.24) is 30.7 Å². The zero-order valence-corrected chi connectivity index (χ0v) is 9.70. The van der Waals surface area contributed by atoms with Crippen LogP contribution in [0.2, 0.25) is 0 Å². The quantitative estimate of drug-likeness (QED) is 0.717. The zero-order chi connectivity index (χ0) is 11.5. The second-order valence-corrected chi connectivity index (χ2v) is 3.89. The van der Waals surface area contributed by atoms with Crippen molar-refractivity contribution in [2.75, 3.05) is 0 Å². The molecule has 2 heterocycles. The number of hydrogen-bond donors (Lipinski definition) is 3. The number of rotatable bonds is 4. The number of H-pyrrole nitrogens is 2. The van der Waals surface area contributed by atoms with Crippen LogP contribution >= 0.6 is 0 Å². The van der Waals surface area contributed by atoms with Crippen LogP contribution in [0.3, 0.4) is 0 Å². The van der Waals surface area contributed by atoms with E-state index in [0.717, 1.165) is 23.8 Å².